The predicted octanol–water partition coefficient (Wildman–Crippen LogP) is 1.81. The minimum Gasteiger partial charge on any atom is -0.379 e. The molecule has 6 heteroatoms. The quantitative estimate of drug-likeness (QED) is 0.870. The van der Waals surface area contributed by atoms with Crippen LogP contribution in [0.4, 0.5) is 0 Å². The Morgan fingerprint density at radius 3 is 2.64 bits per heavy atom. The van der Waals surface area contributed by atoms with Crippen molar-refractivity contribution in [2.75, 3.05) is 39.4 Å². The minimum absolute atomic E-state index is 0.0523. The SMILES string of the molecule is CCc1c(C(=O)NCCN2CCOCC2)cnn1-c1ccc(C)cc1. The maximum absolute atomic E-state index is 12.6. The average Bonchev–Trinajstić information content (AvgIpc) is 3.07. The number of nitrogens with one attached hydrogen (secondary N) is 1. The molecular weight excluding hydrogens is 316 g/mol. The lowest BCUT2D eigenvalue weighted by Crippen LogP contribution is -2.41. The molecule has 0 aliphatic carbocycles. The summed E-state index contributed by atoms with van der Waals surface area (Å²) < 4.78 is 7.20. The van der Waals surface area contributed by atoms with E-state index in [1.165, 1.54) is 5.56 Å². The summed E-state index contributed by atoms with van der Waals surface area (Å²) in [4.78, 5) is 14.9. The van der Waals surface area contributed by atoms with Crippen molar-refractivity contribution in [3.05, 3.63) is 47.3 Å². The van der Waals surface area contributed by atoms with E-state index < -0.39 is 0 Å². The highest BCUT2D eigenvalue weighted by atomic mass is 16.5. The first-order valence-electron chi connectivity index (χ1n) is 8.91. The standard InChI is InChI=1S/C19H26N4O2/c1-3-18-17(14-21-23(18)16-6-4-15(2)5-7-16)19(24)20-8-9-22-10-12-25-13-11-22/h4-7,14H,3,8-13H2,1-2H3,(H,20,24). The fraction of sp³-hybridized carbons (Fsp3) is 0.474. The summed E-state index contributed by atoms with van der Waals surface area (Å²) >= 11 is 0. The normalized spacial score (nSPS) is 15.3. The molecule has 2 heterocycles. The van der Waals surface area contributed by atoms with E-state index in [1.807, 2.05) is 23.7 Å². The van der Waals surface area contributed by atoms with E-state index in [0.717, 1.165) is 50.7 Å². The first kappa shape index (κ1) is 17.6. The van der Waals surface area contributed by atoms with E-state index in [2.05, 4.69) is 34.4 Å². The van der Waals surface area contributed by atoms with Crippen molar-refractivity contribution in [2.45, 2.75) is 20.3 Å². The van der Waals surface area contributed by atoms with Gasteiger partial charge in [0.1, 0.15) is 0 Å². The molecule has 1 aromatic carbocycles. The van der Waals surface area contributed by atoms with E-state index in [1.54, 1.807) is 6.20 Å². The number of benzene rings is 1. The Kier molecular flexibility index (Phi) is 5.83. The van der Waals surface area contributed by atoms with Gasteiger partial charge >= 0.3 is 0 Å². The number of aryl methyl sites for hydroxylation is 1. The van der Waals surface area contributed by atoms with Gasteiger partial charge in [-0.2, -0.15) is 5.10 Å². The Hall–Kier alpha value is -2.18. The number of hydrogen-bond donors (Lipinski definition) is 1. The minimum atomic E-state index is -0.0523. The van der Waals surface area contributed by atoms with Crippen LogP contribution in [0.3, 0.4) is 0 Å². The second-order valence-corrected chi connectivity index (χ2v) is 6.32. The molecule has 1 aliphatic rings. The number of carbonyl (C=O) groups is 1. The van der Waals surface area contributed by atoms with Gasteiger partial charge in [-0.05, 0) is 25.5 Å². The van der Waals surface area contributed by atoms with Crippen molar-refractivity contribution < 1.29 is 9.53 Å². The molecule has 1 fully saturated rings. The molecule has 25 heavy (non-hydrogen) atoms. The Morgan fingerprint density at radius 1 is 1.24 bits per heavy atom. The fourth-order valence-corrected chi connectivity index (χ4v) is 3.06. The van der Waals surface area contributed by atoms with E-state index in [0.29, 0.717) is 12.1 Å². The number of nitrogens with zero attached hydrogens (tertiary/aromatic N) is 3. The van der Waals surface area contributed by atoms with Crippen LogP contribution < -0.4 is 5.32 Å². The van der Waals surface area contributed by atoms with E-state index >= 15 is 0 Å². The van der Waals surface area contributed by atoms with Crippen LogP contribution in [0.15, 0.2) is 30.5 Å². The summed E-state index contributed by atoms with van der Waals surface area (Å²) in [5.41, 5.74) is 3.78. The van der Waals surface area contributed by atoms with Crippen LogP contribution in [0, 0.1) is 6.92 Å². The van der Waals surface area contributed by atoms with Crippen LogP contribution in [-0.2, 0) is 11.2 Å². The molecule has 0 bridgehead atoms. The highest BCUT2D eigenvalue weighted by Crippen LogP contribution is 2.16. The summed E-state index contributed by atoms with van der Waals surface area (Å²) in [5.74, 6) is -0.0523. The second-order valence-electron chi connectivity index (χ2n) is 6.32. The zero-order chi connectivity index (χ0) is 17.6. The monoisotopic (exact) mass is 342 g/mol. The molecule has 3 rings (SSSR count). The molecule has 0 spiro atoms. The molecule has 0 saturated carbocycles. The van der Waals surface area contributed by atoms with E-state index in [4.69, 9.17) is 4.74 Å². The molecule has 1 aliphatic heterocycles. The highest BCUT2D eigenvalue weighted by Gasteiger charge is 2.17. The number of morpholine rings is 1. The zero-order valence-electron chi connectivity index (χ0n) is 15.0. The van der Waals surface area contributed by atoms with Gasteiger partial charge < -0.3 is 10.1 Å². The maximum atomic E-state index is 12.6. The van der Waals surface area contributed by atoms with Gasteiger partial charge in [0.25, 0.3) is 5.91 Å². The third kappa shape index (κ3) is 4.27. The predicted molar refractivity (Wildman–Crippen MR) is 97.3 cm³/mol. The number of rotatable bonds is 6. The first-order valence-corrected chi connectivity index (χ1v) is 8.91. The van der Waals surface area contributed by atoms with Crippen LogP contribution in [0.25, 0.3) is 5.69 Å². The first-order chi connectivity index (χ1) is 12.2. The lowest BCUT2D eigenvalue weighted by atomic mass is 10.1. The van der Waals surface area contributed by atoms with Gasteiger partial charge in [-0.1, -0.05) is 24.6 Å². The molecule has 0 radical (unpaired) electrons. The molecule has 0 atom stereocenters. The van der Waals surface area contributed by atoms with Gasteiger partial charge in [-0.15, -0.1) is 0 Å². The van der Waals surface area contributed by atoms with Gasteiger partial charge in [-0.3, -0.25) is 9.69 Å². The topological polar surface area (TPSA) is 59.4 Å². The molecule has 1 saturated heterocycles. The Balaban J connectivity index is 1.65. The second kappa shape index (κ2) is 8.27. The Morgan fingerprint density at radius 2 is 1.96 bits per heavy atom. The molecular formula is C19H26N4O2. The Bertz CT molecular complexity index is 703. The van der Waals surface area contributed by atoms with Crippen LogP contribution in [0.2, 0.25) is 0 Å². The third-order valence-corrected chi connectivity index (χ3v) is 4.54. The largest absolute Gasteiger partial charge is 0.379 e. The van der Waals surface area contributed by atoms with Gasteiger partial charge in [0.15, 0.2) is 0 Å². The van der Waals surface area contributed by atoms with Crippen molar-refractivity contribution in [1.29, 1.82) is 0 Å². The fourth-order valence-electron chi connectivity index (χ4n) is 3.06. The molecule has 0 unspecified atom stereocenters. The van der Waals surface area contributed by atoms with Crippen molar-refractivity contribution in [3.63, 3.8) is 0 Å². The lowest BCUT2D eigenvalue weighted by Gasteiger charge is -2.26. The summed E-state index contributed by atoms with van der Waals surface area (Å²) in [6, 6.07) is 8.17. The molecule has 134 valence electrons. The van der Waals surface area contributed by atoms with Crippen LogP contribution >= 0.6 is 0 Å². The lowest BCUT2D eigenvalue weighted by molar-refractivity contribution is 0.0383. The number of amides is 1. The van der Waals surface area contributed by atoms with Crippen LogP contribution in [-0.4, -0.2) is 60.0 Å². The van der Waals surface area contributed by atoms with Crippen molar-refractivity contribution >= 4 is 5.91 Å². The van der Waals surface area contributed by atoms with E-state index in [9.17, 15) is 4.79 Å². The Labute approximate surface area is 148 Å². The number of carbonyl (C=O) groups excluding carboxylic acids is 1. The summed E-state index contributed by atoms with van der Waals surface area (Å²) in [5, 5.41) is 7.45. The van der Waals surface area contributed by atoms with Crippen LogP contribution in [0.1, 0.15) is 28.5 Å². The van der Waals surface area contributed by atoms with Gasteiger partial charge in [0.05, 0.1) is 36.4 Å². The summed E-state index contributed by atoms with van der Waals surface area (Å²) in [6.45, 7) is 9.00. The highest BCUT2D eigenvalue weighted by molar-refractivity contribution is 5.95. The van der Waals surface area contributed by atoms with Crippen molar-refractivity contribution in [1.82, 2.24) is 20.0 Å². The molecule has 2 aromatic rings. The number of ether oxygens (including phenoxy) is 1. The molecule has 1 N–H and O–H groups in total. The third-order valence-electron chi connectivity index (χ3n) is 4.54. The van der Waals surface area contributed by atoms with Gasteiger partial charge in [0, 0.05) is 26.2 Å². The van der Waals surface area contributed by atoms with Gasteiger partial charge in [-0.25, -0.2) is 4.68 Å². The van der Waals surface area contributed by atoms with Crippen molar-refractivity contribution in [2.24, 2.45) is 0 Å². The van der Waals surface area contributed by atoms with Crippen molar-refractivity contribution in [3.8, 4) is 5.69 Å². The molecule has 1 amide bonds. The maximum Gasteiger partial charge on any atom is 0.254 e. The van der Waals surface area contributed by atoms with E-state index in [-0.39, 0.29) is 5.91 Å². The molecule has 6 nitrogen and oxygen atoms in total. The zero-order valence-corrected chi connectivity index (χ0v) is 15.0. The number of hydrogen-bond acceptors (Lipinski definition) is 4. The molecule has 1 aromatic heterocycles. The van der Waals surface area contributed by atoms with Crippen LogP contribution in [0.5, 0.6) is 0 Å². The average molecular weight is 342 g/mol. The summed E-state index contributed by atoms with van der Waals surface area (Å²) in [7, 11) is 0. The number of aromatic nitrogens is 2. The summed E-state index contributed by atoms with van der Waals surface area (Å²) in [6.07, 6.45) is 2.42. The smallest absolute Gasteiger partial charge is 0.254 e. The van der Waals surface area contributed by atoms with Gasteiger partial charge in [0.2, 0.25) is 0 Å².